The molecule has 1 atom stereocenters. The number of nitrogens with zero attached hydrogens (tertiary/aromatic N) is 4. The SMILES string of the molecule is C=CC(n1cccc1)S(=O)(=O)c1ccc(C(=O)N=C(N)N)cc1CN1CCN(Cc2ccc(OC)c(OC)c2OC)CC1. The number of methoxy groups -OCH3 is 3. The highest BCUT2D eigenvalue weighted by atomic mass is 32.2. The second kappa shape index (κ2) is 13.8. The Balaban J connectivity index is 1.57. The summed E-state index contributed by atoms with van der Waals surface area (Å²) >= 11 is 0. The average Bonchev–Trinajstić information content (AvgIpc) is 3.52. The summed E-state index contributed by atoms with van der Waals surface area (Å²) in [6, 6.07) is 11.7. The van der Waals surface area contributed by atoms with Gasteiger partial charge in [-0.25, -0.2) is 8.42 Å². The van der Waals surface area contributed by atoms with Crippen LogP contribution >= 0.6 is 0 Å². The summed E-state index contributed by atoms with van der Waals surface area (Å²) in [5, 5.41) is -1.02. The first kappa shape index (κ1) is 31.6. The molecule has 1 saturated heterocycles. The maximum Gasteiger partial charge on any atom is 0.280 e. The van der Waals surface area contributed by atoms with Gasteiger partial charge in [0, 0.05) is 62.8 Å². The maximum absolute atomic E-state index is 13.9. The predicted octanol–water partition coefficient (Wildman–Crippen LogP) is 2.40. The van der Waals surface area contributed by atoms with Crippen molar-refractivity contribution in [1.82, 2.24) is 14.4 Å². The fourth-order valence-electron chi connectivity index (χ4n) is 5.23. The normalized spacial score (nSPS) is 15.0. The molecule has 0 bridgehead atoms. The number of hydrogen-bond acceptors (Lipinski definition) is 8. The van der Waals surface area contributed by atoms with E-state index in [0.29, 0.717) is 49.0 Å². The van der Waals surface area contributed by atoms with E-state index in [0.717, 1.165) is 18.7 Å². The lowest BCUT2D eigenvalue weighted by atomic mass is 10.1. The molecular formula is C30H38N6O6S. The van der Waals surface area contributed by atoms with E-state index in [1.165, 1.54) is 18.2 Å². The van der Waals surface area contributed by atoms with E-state index in [1.807, 2.05) is 12.1 Å². The summed E-state index contributed by atoms with van der Waals surface area (Å²) < 4.78 is 45.9. The lowest BCUT2D eigenvalue weighted by Crippen LogP contribution is -2.45. The molecule has 3 aromatic rings. The topological polar surface area (TPSA) is 155 Å². The average molecular weight is 611 g/mol. The van der Waals surface area contributed by atoms with Crippen LogP contribution in [0.2, 0.25) is 0 Å². The molecule has 0 spiro atoms. The van der Waals surface area contributed by atoms with E-state index in [2.05, 4.69) is 21.4 Å². The van der Waals surface area contributed by atoms with E-state index >= 15 is 0 Å². The van der Waals surface area contributed by atoms with Gasteiger partial charge in [-0.05, 0) is 42.0 Å². The molecule has 43 heavy (non-hydrogen) atoms. The summed E-state index contributed by atoms with van der Waals surface area (Å²) in [6.07, 6.45) is 4.73. The molecule has 2 aromatic carbocycles. The number of amides is 1. The van der Waals surface area contributed by atoms with Crippen LogP contribution in [0.4, 0.5) is 0 Å². The Hall–Kier alpha value is -4.33. The van der Waals surface area contributed by atoms with Crippen molar-refractivity contribution in [2.75, 3.05) is 47.5 Å². The molecular weight excluding hydrogens is 572 g/mol. The third kappa shape index (κ3) is 7.01. The number of carbonyl (C=O) groups is 1. The van der Waals surface area contributed by atoms with Crippen LogP contribution in [0, 0.1) is 0 Å². The zero-order valence-electron chi connectivity index (χ0n) is 24.6. The molecule has 1 amide bonds. The van der Waals surface area contributed by atoms with Gasteiger partial charge in [-0.2, -0.15) is 4.99 Å². The van der Waals surface area contributed by atoms with Gasteiger partial charge in [-0.1, -0.05) is 18.7 Å². The van der Waals surface area contributed by atoms with Crippen LogP contribution in [-0.4, -0.2) is 82.2 Å². The molecule has 13 heteroatoms. The van der Waals surface area contributed by atoms with E-state index in [1.54, 1.807) is 56.5 Å². The highest BCUT2D eigenvalue weighted by Crippen LogP contribution is 2.40. The minimum absolute atomic E-state index is 0.116. The van der Waals surface area contributed by atoms with Crippen molar-refractivity contribution in [3.8, 4) is 17.2 Å². The first-order chi connectivity index (χ1) is 20.6. The molecule has 230 valence electrons. The van der Waals surface area contributed by atoms with Gasteiger partial charge in [0.25, 0.3) is 5.91 Å². The van der Waals surface area contributed by atoms with Crippen molar-refractivity contribution < 1.29 is 27.4 Å². The Morgan fingerprint density at radius 3 is 2.07 bits per heavy atom. The van der Waals surface area contributed by atoms with Crippen LogP contribution in [-0.2, 0) is 22.9 Å². The Morgan fingerprint density at radius 2 is 1.53 bits per heavy atom. The largest absolute Gasteiger partial charge is 0.493 e. The summed E-state index contributed by atoms with van der Waals surface area (Å²) in [6.45, 7) is 7.51. The van der Waals surface area contributed by atoms with E-state index in [-0.39, 0.29) is 16.4 Å². The number of ether oxygens (including phenoxy) is 3. The number of nitrogens with two attached hydrogens (primary N) is 2. The highest BCUT2D eigenvalue weighted by molar-refractivity contribution is 7.91. The number of aliphatic imine (C=N–C) groups is 1. The van der Waals surface area contributed by atoms with Gasteiger partial charge in [0.15, 0.2) is 22.8 Å². The van der Waals surface area contributed by atoms with Crippen LogP contribution in [0.5, 0.6) is 17.2 Å². The van der Waals surface area contributed by atoms with Gasteiger partial charge < -0.3 is 30.2 Å². The summed E-state index contributed by atoms with van der Waals surface area (Å²) in [5.41, 5.74) is 12.5. The van der Waals surface area contributed by atoms with E-state index in [4.69, 9.17) is 25.7 Å². The van der Waals surface area contributed by atoms with Crippen LogP contribution in [0.3, 0.4) is 0 Å². The zero-order chi connectivity index (χ0) is 31.1. The monoisotopic (exact) mass is 610 g/mol. The first-order valence-corrected chi connectivity index (χ1v) is 15.2. The Kier molecular flexibility index (Phi) is 10.1. The molecule has 1 aromatic heterocycles. The zero-order valence-corrected chi connectivity index (χ0v) is 25.4. The standard InChI is InChI=1S/C30H38N6O6S/c1-5-26(36-12-6-7-13-36)43(38,39)25-11-9-21(29(37)33-30(31)32)18-23(25)20-35-16-14-34(15-17-35)19-22-8-10-24(40-2)28(42-4)27(22)41-3/h5-13,18,26H,1,14-17,19-20H2,2-4H3,(H4,31,32,33,37). The van der Waals surface area contributed by atoms with Crippen molar-refractivity contribution in [3.63, 3.8) is 0 Å². The first-order valence-electron chi connectivity index (χ1n) is 13.6. The minimum atomic E-state index is -3.92. The molecule has 4 N–H and O–H groups in total. The Bertz CT molecular complexity index is 1580. The van der Waals surface area contributed by atoms with Gasteiger partial charge in [0.05, 0.1) is 26.2 Å². The molecule has 12 nitrogen and oxygen atoms in total. The van der Waals surface area contributed by atoms with Gasteiger partial charge in [0.1, 0.15) is 0 Å². The highest BCUT2D eigenvalue weighted by Gasteiger charge is 2.30. The van der Waals surface area contributed by atoms with Crippen molar-refractivity contribution in [1.29, 1.82) is 0 Å². The van der Waals surface area contributed by atoms with Gasteiger partial charge in [-0.3, -0.25) is 14.6 Å². The number of piperazine rings is 1. The lowest BCUT2D eigenvalue weighted by molar-refractivity contribution is 0.100. The van der Waals surface area contributed by atoms with Crippen LogP contribution in [0.1, 0.15) is 26.9 Å². The predicted molar refractivity (Wildman–Crippen MR) is 164 cm³/mol. The summed E-state index contributed by atoms with van der Waals surface area (Å²) in [7, 11) is 0.841. The number of aromatic nitrogens is 1. The molecule has 0 radical (unpaired) electrons. The lowest BCUT2D eigenvalue weighted by Gasteiger charge is -2.35. The molecule has 2 heterocycles. The Labute approximate surface area is 252 Å². The third-order valence-corrected chi connectivity index (χ3v) is 9.41. The summed E-state index contributed by atoms with van der Waals surface area (Å²) in [4.78, 5) is 20.8. The Morgan fingerprint density at radius 1 is 0.930 bits per heavy atom. The van der Waals surface area contributed by atoms with Crippen molar-refractivity contribution in [2.24, 2.45) is 16.5 Å². The van der Waals surface area contributed by atoms with Crippen molar-refractivity contribution in [2.45, 2.75) is 23.4 Å². The minimum Gasteiger partial charge on any atom is -0.493 e. The fourth-order valence-corrected chi connectivity index (χ4v) is 6.95. The van der Waals surface area contributed by atoms with E-state index in [9.17, 15) is 13.2 Å². The molecule has 1 unspecified atom stereocenters. The number of sulfone groups is 1. The maximum atomic E-state index is 13.9. The summed E-state index contributed by atoms with van der Waals surface area (Å²) in [5.74, 6) is 0.743. The van der Waals surface area contributed by atoms with E-state index < -0.39 is 21.1 Å². The molecule has 0 aliphatic carbocycles. The van der Waals surface area contributed by atoms with Crippen LogP contribution in [0.25, 0.3) is 0 Å². The molecule has 1 aliphatic heterocycles. The number of benzene rings is 2. The second-order valence-electron chi connectivity index (χ2n) is 10.0. The van der Waals surface area contributed by atoms with Crippen LogP contribution in [0.15, 0.2) is 77.4 Å². The molecule has 1 aliphatic rings. The molecule has 1 fully saturated rings. The quantitative estimate of drug-likeness (QED) is 0.177. The number of carbonyl (C=O) groups excluding carboxylic acids is 1. The van der Waals surface area contributed by atoms with Gasteiger partial charge in [-0.15, -0.1) is 0 Å². The third-order valence-electron chi connectivity index (χ3n) is 7.32. The number of rotatable bonds is 12. The van der Waals surface area contributed by atoms with Gasteiger partial charge in [0.2, 0.25) is 15.6 Å². The van der Waals surface area contributed by atoms with Crippen molar-refractivity contribution in [3.05, 3.63) is 84.2 Å². The van der Waals surface area contributed by atoms with Gasteiger partial charge >= 0.3 is 0 Å². The van der Waals surface area contributed by atoms with Crippen molar-refractivity contribution >= 4 is 21.7 Å². The van der Waals surface area contributed by atoms with Crippen LogP contribution < -0.4 is 25.7 Å². The number of hydrogen-bond donors (Lipinski definition) is 2. The molecule has 0 saturated carbocycles. The molecule has 4 rings (SSSR count). The fraction of sp³-hybridized carbons (Fsp3) is 0.333. The second-order valence-corrected chi connectivity index (χ2v) is 12.0. The smallest absolute Gasteiger partial charge is 0.280 e. The number of guanidine groups is 1.